The average Bonchev–Trinajstić information content (AvgIpc) is 3.27. The molecule has 21 heavy (non-hydrogen) atoms. The molecule has 118 valence electrons. The highest BCUT2D eigenvalue weighted by Gasteiger charge is 2.30. The maximum Gasteiger partial charge on any atom is 0.165 e. The highest BCUT2D eigenvalue weighted by atomic mass is 19.1. The molecule has 0 amide bonds. The Bertz CT molecular complexity index is 460. The number of nitrogens with two attached hydrogens (primary N) is 1. The summed E-state index contributed by atoms with van der Waals surface area (Å²) in [4.78, 5) is 2.47. The Labute approximate surface area is 127 Å². The van der Waals surface area contributed by atoms with Gasteiger partial charge in [-0.15, -0.1) is 0 Å². The fourth-order valence-electron chi connectivity index (χ4n) is 2.56. The molecular weight excluding hydrogens is 267 g/mol. The zero-order valence-corrected chi connectivity index (χ0v) is 13.3. The van der Waals surface area contributed by atoms with E-state index in [2.05, 4.69) is 18.7 Å². The molecule has 0 spiro atoms. The molecule has 0 aromatic heterocycles. The van der Waals surface area contributed by atoms with E-state index in [1.165, 1.54) is 32.4 Å². The van der Waals surface area contributed by atoms with Crippen molar-refractivity contribution in [3.05, 3.63) is 29.6 Å². The van der Waals surface area contributed by atoms with Gasteiger partial charge in [0.05, 0.1) is 7.11 Å². The molecule has 0 saturated heterocycles. The molecule has 1 aliphatic rings. The van der Waals surface area contributed by atoms with Crippen LogP contribution in [-0.2, 0) is 0 Å². The molecule has 1 unspecified atom stereocenters. The molecule has 4 heteroatoms. The van der Waals surface area contributed by atoms with Crippen LogP contribution < -0.4 is 10.5 Å². The van der Waals surface area contributed by atoms with Crippen LogP contribution in [0.3, 0.4) is 0 Å². The van der Waals surface area contributed by atoms with Crippen molar-refractivity contribution in [3.63, 3.8) is 0 Å². The number of hydrogen-bond acceptors (Lipinski definition) is 3. The van der Waals surface area contributed by atoms with Crippen LogP contribution in [0.25, 0.3) is 0 Å². The third kappa shape index (κ3) is 4.68. The number of hydrogen-bond donors (Lipinski definition) is 1. The molecule has 2 rings (SSSR count). The Balaban J connectivity index is 1.97. The van der Waals surface area contributed by atoms with Gasteiger partial charge in [0.15, 0.2) is 11.6 Å². The van der Waals surface area contributed by atoms with E-state index in [0.29, 0.717) is 12.0 Å². The molecule has 0 radical (unpaired) electrons. The molecule has 2 N–H and O–H groups in total. The van der Waals surface area contributed by atoms with Crippen molar-refractivity contribution in [3.8, 4) is 5.75 Å². The Morgan fingerprint density at radius 3 is 2.62 bits per heavy atom. The van der Waals surface area contributed by atoms with Crippen molar-refractivity contribution in [1.82, 2.24) is 4.90 Å². The van der Waals surface area contributed by atoms with E-state index >= 15 is 0 Å². The van der Waals surface area contributed by atoms with E-state index in [9.17, 15) is 4.39 Å². The Kier molecular flexibility index (Phi) is 5.59. The summed E-state index contributed by atoms with van der Waals surface area (Å²) < 4.78 is 18.7. The summed E-state index contributed by atoms with van der Waals surface area (Å²) in [5.74, 6) is 0.622. The zero-order chi connectivity index (χ0) is 15.4. The lowest BCUT2D eigenvalue weighted by molar-refractivity contribution is 0.233. The van der Waals surface area contributed by atoms with Gasteiger partial charge in [-0.3, -0.25) is 4.90 Å². The van der Waals surface area contributed by atoms with E-state index < -0.39 is 0 Å². The highest BCUT2D eigenvalue weighted by molar-refractivity contribution is 5.31. The standard InChI is InChI=1S/C17H27FN2O/c1-12(2)8-9-20(14-5-6-14)11-16(19)13-4-7-17(21-3)15(18)10-13/h4,7,10,12,14,16H,5-6,8-9,11,19H2,1-3H3. The minimum atomic E-state index is -0.342. The summed E-state index contributed by atoms with van der Waals surface area (Å²) in [7, 11) is 1.47. The Hall–Kier alpha value is -1.13. The maximum atomic E-state index is 13.8. The fourth-order valence-corrected chi connectivity index (χ4v) is 2.56. The van der Waals surface area contributed by atoms with Crippen LogP contribution in [0, 0.1) is 11.7 Å². The van der Waals surface area contributed by atoms with Crippen molar-refractivity contribution in [2.24, 2.45) is 11.7 Å². The molecule has 1 aromatic carbocycles. The normalized spacial score (nSPS) is 16.5. The largest absolute Gasteiger partial charge is 0.494 e. The average molecular weight is 294 g/mol. The van der Waals surface area contributed by atoms with Gasteiger partial charge in [0.1, 0.15) is 0 Å². The van der Waals surface area contributed by atoms with Gasteiger partial charge < -0.3 is 10.5 Å². The van der Waals surface area contributed by atoms with Gasteiger partial charge in [-0.2, -0.15) is 0 Å². The van der Waals surface area contributed by atoms with Crippen LogP contribution in [0.4, 0.5) is 4.39 Å². The summed E-state index contributed by atoms with van der Waals surface area (Å²) in [5.41, 5.74) is 7.12. The quantitative estimate of drug-likeness (QED) is 0.799. The van der Waals surface area contributed by atoms with E-state index in [1.807, 2.05) is 6.07 Å². The number of methoxy groups -OCH3 is 1. The summed E-state index contributed by atoms with van der Waals surface area (Å²) in [6, 6.07) is 5.54. The lowest BCUT2D eigenvalue weighted by atomic mass is 10.1. The molecular formula is C17H27FN2O. The molecule has 1 atom stereocenters. The van der Waals surface area contributed by atoms with Gasteiger partial charge in [0, 0.05) is 18.6 Å². The van der Waals surface area contributed by atoms with Crippen LogP contribution in [-0.4, -0.2) is 31.1 Å². The van der Waals surface area contributed by atoms with E-state index in [4.69, 9.17) is 10.5 Å². The summed E-state index contributed by atoms with van der Waals surface area (Å²) in [6.07, 6.45) is 3.71. The molecule has 0 bridgehead atoms. The summed E-state index contributed by atoms with van der Waals surface area (Å²) >= 11 is 0. The number of rotatable bonds is 8. The van der Waals surface area contributed by atoms with Gasteiger partial charge in [-0.05, 0) is 49.4 Å². The molecule has 1 fully saturated rings. The molecule has 3 nitrogen and oxygen atoms in total. The fraction of sp³-hybridized carbons (Fsp3) is 0.647. The topological polar surface area (TPSA) is 38.5 Å². The molecule has 0 heterocycles. The molecule has 1 aliphatic carbocycles. The minimum absolute atomic E-state index is 0.154. The van der Waals surface area contributed by atoms with Crippen LogP contribution >= 0.6 is 0 Å². The Morgan fingerprint density at radius 1 is 1.38 bits per heavy atom. The van der Waals surface area contributed by atoms with Gasteiger partial charge in [0.25, 0.3) is 0 Å². The van der Waals surface area contributed by atoms with Gasteiger partial charge in [-0.25, -0.2) is 4.39 Å². The molecule has 0 aliphatic heterocycles. The second-order valence-corrected chi connectivity index (χ2v) is 6.41. The third-order valence-electron chi connectivity index (χ3n) is 4.09. The van der Waals surface area contributed by atoms with Crippen molar-refractivity contribution in [2.45, 2.75) is 45.2 Å². The third-order valence-corrected chi connectivity index (χ3v) is 4.09. The van der Waals surface area contributed by atoms with Gasteiger partial charge in [0.2, 0.25) is 0 Å². The first-order valence-electron chi connectivity index (χ1n) is 7.84. The number of ether oxygens (including phenoxy) is 1. The van der Waals surface area contributed by atoms with Crippen LogP contribution in [0.2, 0.25) is 0 Å². The number of halogens is 1. The predicted octanol–water partition coefficient (Wildman–Crippen LogP) is 3.34. The maximum absolute atomic E-state index is 13.8. The van der Waals surface area contributed by atoms with E-state index in [0.717, 1.165) is 18.7 Å². The molecule has 1 saturated carbocycles. The van der Waals surface area contributed by atoms with Crippen LogP contribution in [0.15, 0.2) is 18.2 Å². The lowest BCUT2D eigenvalue weighted by Gasteiger charge is -2.26. The zero-order valence-electron chi connectivity index (χ0n) is 13.3. The van der Waals surface area contributed by atoms with Gasteiger partial charge >= 0.3 is 0 Å². The monoisotopic (exact) mass is 294 g/mol. The van der Waals surface area contributed by atoms with Crippen LogP contribution in [0.1, 0.15) is 44.7 Å². The van der Waals surface area contributed by atoms with E-state index in [1.54, 1.807) is 6.07 Å². The Morgan fingerprint density at radius 2 is 2.10 bits per heavy atom. The van der Waals surface area contributed by atoms with Crippen molar-refractivity contribution < 1.29 is 9.13 Å². The van der Waals surface area contributed by atoms with Crippen molar-refractivity contribution >= 4 is 0 Å². The van der Waals surface area contributed by atoms with Crippen molar-refractivity contribution in [1.29, 1.82) is 0 Å². The van der Waals surface area contributed by atoms with Crippen LogP contribution in [0.5, 0.6) is 5.75 Å². The second kappa shape index (κ2) is 7.23. The van der Waals surface area contributed by atoms with Crippen molar-refractivity contribution in [2.75, 3.05) is 20.2 Å². The first-order chi connectivity index (χ1) is 10.0. The van der Waals surface area contributed by atoms with E-state index in [-0.39, 0.29) is 17.6 Å². The second-order valence-electron chi connectivity index (χ2n) is 6.41. The first kappa shape index (κ1) is 16.2. The predicted molar refractivity (Wildman–Crippen MR) is 83.9 cm³/mol. The minimum Gasteiger partial charge on any atom is -0.494 e. The highest BCUT2D eigenvalue weighted by Crippen LogP contribution is 2.29. The first-order valence-corrected chi connectivity index (χ1v) is 7.84. The SMILES string of the molecule is COc1ccc(C(N)CN(CCC(C)C)C2CC2)cc1F. The smallest absolute Gasteiger partial charge is 0.165 e. The number of nitrogens with zero attached hydrogens (tertiary/aromatic N) is 1. The summed E-state index contributed by atoms with van der Waals surface area (Å²) in [6.45, 7) is 6.35. The lowest BCUT2D eigenvalue weighted by Crippen LogP contribution is -2.35. The molecule has 1 aromatic rings. The van der Waals surface area contributed by atoms with Gasteiger partial charge in [-0.1, -0.05) is 19.9 Å². The summed E-state index contributed by atoms with van der Waals surface area (Å²) in [5, 5.41) is 0. The number of benzene rings is 1.